The largest absolute Gasteiger partial charge is 0.325 e. The highest BCUT2D eigenvalue weighted by molar-refractivity contribution is 6.07. The van der Waals surface area contributed by atoms with Gasteiger partial charge in [-0.15, -0.1) is 0 Å². The Morgan fingerprint density at radius 2 is 1.93 bits per heavy atom. The van der Waals surface area contributed by atoms with Crippen LogP contribution in [0, 0.1) is 17.1 Å². The predicted octanol–water partition coefficient (Wildman–Crippen LogP) is 3.83. The van der Waals surface area contributed by atoms with Gasteiger partial charge >= 0.3 is 6.03 Å². The molecule has 5 nitrogen and oxygen atoms in total. The van der Waals surface area contributed by atoms with Crippen LogP contribution in [-0.4, -0.2) is 16.8 Å². The van der Waals surface area contributed by atoms with Crippen LogP contribution in [0.2, 0.25) is 0 Å². The highest BCUT2D eigenvalue weighted by atomic mass is 19.1. The molecule has 138 valence electrons. The fraction of sp³-hybridized carbons (Fsp3) is 0.286. The van der Waals surface area contributed by atoms with Gasteiger partial charge < -0.3 is 5.32 Å². The molecule has 1 aliphatic heterocycles. The third-order valence-electron chi connectivity index (χ3n) is 4.81. The number of nitriles is 1. The molecule has 1 fully saturated rings. The maximum Gasteiger partial charge on any atom is 0.325 e. The first-order valence-electron chi connectivity index (χ1n) is 8.89. The van der Waals surface area contributed by atoms with Crippen LogP contribution in [0.1, 0.15) is 42.9 Å². The lowest BCUT2D eigenvalue weighted by molar-refractivity contribution is -0.132. The van der Waals surface area contributed by atoms with E-state index in [1.165, 1.54) is 12.1 Å². The van der Waals surface area contributed by atoms with E-state index in [2.05, 4.69) is 11.4 Å². The number of rotatable bonds is 6. The summed E-state index contributed by atoms with van der Waals surface area (Å²) in [5.74, 6) is -0.749. The van der Waals surface area contributed by atoms with Crippen molar-refractivity contribution in [3.8, 4) is 6.07 Å². The summed E-state index contributed by atoms with van der Waals surface area (Å²) < 4.78 is 13.4. The van der Waals surface area contributed by atoms with Gasteiger partial charge in [-0.05, 0) is 41.8 Å². The van der Waals surface area contributed by atoms with Gasteiger partial charge in [0.25, 0.3) is 5.91 Å². The van der Waals surface area contributed by atoms with Gasteiger partial charge in [-0.2, -0.15) is 5.26 Å². The van der Waals surface area contributed by atoms with Crippen LogP contribution >= 0.6 is 0 Å². The first kappa shape index (κ1) is 18.6. The molecule has 3 rings (SSSR count). The van der Waals surface area contributed by atoms with Gasteiger partial charge in [0.1, 0.15) is 11.4 Å². The zero-order valence-electron chi connectivity index (χ0n) is 15.0. The molecule has 1 saturated heterocycles. The summed E-state index contributed by atoms with van der Waals surface area (Å²) in [4.78, 5) is 27.1. The zero-order valence-corrected chi connectivity index (χ0v) is 15.0. The van der Waals surface area contributed by atoms with Crippen LogP contribution in [-0.2, 0) is 16.9 Å². The summed E-state index contributed by atoms with van der Waals surface area (Å²) in [6.45, 7) is 2.08. The Bertz CT molecular complexity index is 904. The molecule has 2 aromatic rings. The minimum absolute atomic E-state index is 0.0786. The fourth-order valence-electron chi connectivity index (χ4n) is 3.38. The van der Waals surface area contributed by atoms with Gasteiger partial charge in [-0.25, -0.2) is 9.18 Å². The Kier molecular flexibility index (Phi) is 5.22. The van der Waals surface area contributed by atoms with E-state index in [0.717, 1.165) is 17.7 Å². The molecule has 6 heteroatoms. The van der Waals surface area contributed by atoms with Crippen molar-refractivity contribution in [1.82, 2.24) is 10.2 Å². The van der Waals surface area contributed by atoms with Crippen molar-refractivity contribution >= 4 is 11.9 Å². The number of halogens is 1. The Morgan fingerprint density at radius 1 is 1.19 bits per heavy atom. The maximum atomic E-state index is 13.4. The van der Waals surface area contributed by atoms with E-state index in [1.54, 1.807) is 36.4 Å². The number of imide groups is 1. The summed E-state index contributed by atoms with van der Waals surface area (Å²) in [5, 5.41) is 11.9. The Balaban J connectivity index is 1.94. The average molecular weight is 365 g/mol. The smallest absolute Gasteiger partial charge is 0.319 e. The van der Waals surface area contributed by atoms with Crippen molar-refractivity contribution in [1.29, 1.82) is 5.26 Å². The third kappa shape index (κ3) is 3.54. The monoisotopic (exact) mass is 365 g/mol. The lowest BCUT2D eigenvalue weighted by atomic mass is 9.84. The average Bonchev–Trinajstić information content (AvgIpc) is 2.92. The number of urea groups is 1. The number of hydrogen-bond acceptors (Lipinski definition) is 3. The van der Waals surface area contributed by atoms with E-state index in [0.29, 0.717) is 23.1 Å². The van der Waals surface area contributed by atoms with E-state index in [4.69, 9.17) is 5.26 Å². The van der Waals surface area contributed by atoms with Gasteiger partial charge in [-0.3, -0.25) is 9.69 Å². The second-order valence-electron chi connectivity index (χ2n) is 6.65. The highest BCUT2D eigenvalue weighted by Crippen LogP contribution is 2.35. The van der Waals surface area contributed by atoms with E-state index < -0.39 is 17.4 Å². The number of unbranched alkanes of at least 4 members (excludes halogenated alkanes) is 1. The molecule has 1 heterocycles. The zero-order chi connectivity index (χ0) is 19.4. The minimum Gasteiger partial charge on any atom is -0.319 e. The predicted molar refractivity (Wildman–Crippen MR) is 97.8 cm³/mol. The summed E-state index contributed by atoms with van der Waals surface area (Å²) >= 11 is 0. The molecule has 3 amide bonds. The molecule has 0 bridgehead atoms. The van der Waals surface area contributed by atoms with Gasteiger partial charge in [0.2, 0.25) is 0 Å². The van der Waals surface area contributed by atoms with Crippen LogP contribution in [0.5, 0.6) is 0 Å². The van der Waals surface area contributed by atoms with Crippen molar-refractivity contribution in [2.75, 3.05) is 0 Å². The van der Waals surface area contributed by atoms with E-state index in [1.807, 2.05) is 6.92 Å². The molecular formula is C21H20FN3O2. The number of benzene rings is 2. The summed E-state index contributed by atoms with van der Waals surface area (Å²) in [6.07, 6.45) is 2.03. The van der Waals surface area contributed by atoms with E-state index in [9.17, 15) is 14.0 Å². The molecule has 0 aliphatic carbocycles. The summed E-state index contributed by atoms with van der Waals surface area (Å²) in [6, 6.07) is 14.1. The highest BCUT2D eigenvalue weighted by Gasteiger charge is 2.51. The van der Waals surface area contributed by atoms with Crippen molar-refractivity contribution in [2.24, 2.45) is 0 Å². The van der Waals surface area contributed by atoms with E-state index >= 15 is 0 Å². The lowest BCUT2D eigenvalue weighted by Crippen LogP contribution is -2.44. The Hall–Kier alpha value is -3.20. The molecule has 27 heavy (non-hydrogen) atoms. The van der Waals surface area contributed by atoms with Crippen LogP contribution in [0.15, 0.2) is 48.5 Å². The SMILES string of the molecule is CCCC[C@@]1(c2ccc(F)cc2)NC(=O)N(Cc2cccc(C#N)c2)C1=O. The van der Waals surface area contributed by atoms with Gasteiger partial charge in [0.15, 0.2) is 0 Å². The first-order valence-corrected chi connectivity index (χ1v) is 8.89. The maximum absolute atomic E-state index is 13.4. The number of carbonyl (C=O) groups excluding carboxylic acids is 2. The Morgan fingerprint density at radius 3 is 2.59 bits per heavy atom. The molecule has 2 aromatic carbocycles. The van der Waals surface area contributed by atoms with Crippen LogP contribution in [0.4, 0.5) is 9.18 Å². The normalized spacial score (nSPS) is 19.1. The van der Waals surface area contributed by atoms with Crippen LogP contribution in [0.25, 0.3) is 0 Å². The van der Waals surface area contributed by atoms with Crippen molar-refractivity contribution in [2.45, 2.75) is 38.3 Å². The molecule has 0 radical (unpaired) electrons. The minimum atomic E-state index is -1.19. The van der Waals surface area contributed by atoms with Gasteiger partial charge in [0, 0.05) is 0 Å². The van der Waals surface area contributed by atoms with Crippen molar-refractivity contribution in [3.05, 3.63) is 71.0 Å². The molecular weight excluding hydrogens is 345 g/mol. The number of nitrogens with zero attached hydrogens (tertiary/aromatic N) is 2. The number of carbonyl (C=O) groups is 2. The molecule has 0 spiro atoms. The lowest BCUT2D eigenvalue weighted by Gasteiger charge is -2.27. The first-order chi connectivity index (χ1) is 13.0. The standard InChI is InChI=1S/C21H20FN3O2/c1-2-3-11-21(17-7-9-18(22)10-8-17)19(26)25(20(27)24-21)14-16-6-4-5-15(12-16)13-23/h4-10,12H,2-3,11,14H2,1H3,(H,24,27)/t21-/m0/s1. The number of nitrogens with one attached hydrogen (secondary N) is 1. The van der Waals surface area contributed by atoms with Gasteiger partial charge in [-0.1, -0.05) is 44.0 Å². The second-order valence-corrected chi connectivity index (χ2v) is 6.65. The topological polar surface area (TPSA) is 73.2 Å². The van der Waals surface area contributed by atoms with Crippen LogP contribution in [0.3, 0.4) is 0 Å². The molecule has 1 atom stereocenters. The molecule has 1 aliphatic rings. The molecule has 0 unspecified atom stereocenters. The van der Waals surface area contributed by atoms with Crippen molar-refractivity contribution < 1.29 is 14.0 Å². The molecule has 0 aromatic heterocycles. The van der Waals surface area contributed by atoms with Gasteiger partial charge in [0.05, 0.1) is 18.2 Å². The Labute approximate surface area is 157 Å². The third-order valence-corrected chi connectivity index (χ3v) is 4.81. The van der Waals surface area contributed by atoms with E-state index in [-0.39, 0.29) is 12.5 Å². The number of hydrogen-bond donors (Lipinski definition) is 1. The number of amides is 3. The second kappa shape index (κ2) is 7.58. The summed E-state index contributed by atoms with van der Waals surface area (Å²) in [7, 11) is 0. The fourth-order valence-corrected chi connectivity index (χ4v) is 3.38. The molecule has 1 N–H and O–H groups in total. The molecule has 0 saturated carbocycles. The quantitative estimate of drug-likeness (QED) is 0.791. The van der Waals surface area contributed by atoms with Crippen LogP contribution < -0.4 is 5.32 Å². The van der Waals surface area contributed by atoms with Crippen molar-refractivity contribution in [3.63, 3.8) is 0 Å². The summed E-state index contributed by atoms with van der Waals surface area (Å²) in [5.41, 5.74) is 0.551.